The molecule has 6 heteroatoms. The SMILES string of the molecule is C=C(NCCCNC(=O)C(C)(C)CC)c1ccc(O[B]O)cc1. The van der Waals surface area contributed by atoms with Gasteiger partial charge in [0.25, 0.3) is 0 Å². The van der Waals surface area contributed by atoms with Crippen molar-refractivity contribution >= 4 is 19.3 Å². The first kappa shape index (κ1) is 19.1. The fraction of sp³-hybridized carbons (Fsp3) is 0.471. The Hall–Kier alpha value is -1.95. The Morgan fingerprint density at radius 1 is 1.26 bits per heavy atom. The molecule has 0 saturated carbocycles. The minimum absolute atomic E-state index is 0.0927. The van der Waals surface area contributed by atoms with Gasteiger partial charge in [-0.1, -0.05) is 27.4 Å². The van der Waals surface area contributed by atoms with Crippen LogP contribution in [-0.2, 0) is 4.79 Å². The number of hydrogen-bond donors (Lipinski definition) is 3. The van der Waals surface area contributed by atoms with Gasteiger partial charge in [-0.3, -0.25) is 4.79 Å². The highest BCUT2D eigenvalue weighted by molar-refractivity contribution is 6.17. The summed E-state index contributed by atoms with van der Waals surface area (Å²) in [6.45, 7) is 11.3. The summed E-state index contributed by atoms with van der Waals surface area (Å²) in [4.78, 5) is 11.9. The summed E-state index contributed by atoms with van der Waals surface area (Å²) < 4.78 is 4.85. The van der Waals surface area contributed by atoms with Crippen LogP contribution in [0.4, 0.5) is 0 Å². The second-order valence-electron chi connectivity index (χ2n) is 6.00. The molecule has 0 heterocycles. The normalized spacial score (nSPS) is 10.8. The zero-order chi connectivity index (χ0) is 17.3. The molecular weight excluding hydrogens is 291 g/mol. The highest BCUT2D eigenvalue weighted by Gasteiger charge is 2.24. The quantitative estimate of drug-likeness (QED) is 0.456. The lowest BCUT2D eigenvalue weighted by Crippen LogP contribution is -2.37. The van der Waals surface area contributed by atoms with E-state index in [0.29, 0.717) is 20.0 Å². The number of benzene rings is 1. The van der Waals surface area contributed by atoms with Crippen LogP contribution in [0.25, 0.3) is 5.70 Å². The molecule has 1 rings (SSSR count). The molecule has 0 saturated heterocycles. The second-order valence-corrected chi connectivity index (χ2v) is 6.00. The van der Waals surface area contributed by atoms with Gasteiger partial charge in [0, 0.05) is 24.2 Å². The number of rotatable bonds is 10. The third-order valence-electron chi connectivity index (χ3n) is 3.87. The summed E-state index contributed by atoms with van der Waals surface area (Å²) in [5.41, 5.74) is 1.45. The molecular formula is C17H26BN2O3. The Bertz CT molecular complexity index is 515. The van der Waals surface area contributed by atoms with Gasteiger partial charge < -0.3 is 20.3 Å². The molecule has 0 aromatic heterocycles. The average molecular weight is 317 g/mol. The molecule has 0 bridgehead atoms. The third-order valence-corrected chi connectivity index (χ3v) is 3.87. The van der Waals surface area contributed by atoms with Gasteiger partial charge in [0.1, 0.15) is 5.75 Å². The Balaban J connectivity index is 2.28. The van der Waals surface area contributed by atoms with Gasteiger partial charge in [0.2, 0.25) is 5.91 Å². The van der Waals surface area contributed by atoms with Gasteiger partial charge in [0.05, 0.1) is 0 Å². The zero-order valence-electron chi connectivity index (χ0n) is 14.2. The lowest BCUT2D eigenvalue weighted by Gasteiger charge is -2.21. The minimum Gasteiger partial charge on any atom is -0.537 e. The predicted molar refractivity (Wildman–Crippen MR) is 93.8 cm³/mol. The van der Waals surface area contributed by atoms with E-state index in [4.69, 9.17) is 9.68 Å². The molecule has 0 unspecified atom stereocenters. The van der Waals surface area contributed by atoms with Gasteiger partial charge in [-0.25, -0.2) is 0 Å². The summed E-state index contributed by atoms with van der Waals surface area (Å²) in [5.74, 6) is 0.653. The Labute approximate surface area is 139 Å². The number of hydrogen-bond acceptors (Lipinski definition) is 4. The van der Waals surface area contributed by atoms with Crippen molar-refractivity contribution in [3.8, 4) is 5.75 Å². The van der Waals surface area contributed by atoms with E-state index in [9.17, 15) is 4.79 Å². The molecule has 5 nitrogen and oxygen atoms in total. The predicted octanol–water partition coefficient (Wildman–Crippen LogP) is 2.09. The number of nitrogens with one attached hydrogen (secondary N) is 2. The van der Waals surface area contributed by atoms with Crippen LogP contribution in [0.5, 0.6) is 5.75 Å². The van der Waals surface area contributed by atoms with Gasteiger partial charge in [-0.15, -0.1) is 0 Å². The summed E-state index contributed by atoms with van der Waals surface area (Å²) >= 11 is 0. The molecule has 0 aliphatic heterocycles. The smallest absolute Gasteiger partial charge is 0.537 e. The van der Waals surface area contributed by atoms with Gasteiger partial charge in [0.15, 0.2) is 0 Å². The molecule has 0 aliphatic rings. The van der Waals surface area contributed by atoms with Crippen molar-refractivity contribution in [3.63, 3.8) is 0 Å². The summed E-state index contributed by atoms with van der Waals surface area (Å²) in [7, 11) is 0.649. The maximum absolute atomic E-state index is 11.9. The Kier molecular flexibility index (Phi) is 7.68. The fourth-order valence-corrected chi connectivity index (χ4v) is 1.83. The molecule has 23 heavy (non-hydrogen) atoms. The van der Waals surface area contributed by atoms with Crippen LogP contribution >= 0.6 is 0 Å². The topological polar surface area (TPSA) is 70.6 Å². The largest absolute Gasteiger partial charge is 0.569 e. The van der Waals surface area contributed by atoms with Crippen molar-refractivity contribution in [2.45, 2.75) is 33.6 Å². The molecule has 0 aliphatic carbocycles. The van der Waals surface area contributed by atoms with Gasteiger partial charge in [-0.05, 0) is 42.7 Å². The highest BCUT2D eigenvalue weighted by Crippen LogP contribution is 2.19. The van der Waals surface area contributed by atoms with E-state index in [0.717, 1.165) is 30.6 Å². The number of carbonyl (C=O) groups is 1. The van der Waals surface area contributed by atoms with Crippen molar-refractivity contribution < 1.29 is 14.5 Å². The molecule has 1 aromatic rings. The maximum atomic E-state index is 11.9. The molecule has 0 atom stereocenters. The van der Waals surface area contributed by atoms with E-state index in [1.807, 2.05) is 32.9 Å². The van der Waals surface area contributed by atoms with E-state index in [2.05, 4.69) is 17.2 Å². The van der Waals surface area contributed by atoms with Crippen LogP contribution in [-0.4, -0.2) is 31.7 Å². The molecule has 1 aromatic carbocycles. The lowest BCUT2D eigenvalue weighted by molar-refractivity contribution is -0.129. The Morgan fingerprint density at radius 2 is 1.87 bits per heavy atom. The van der Waals surface area contributed by atoms with E-state index in [-0.39, 0.29) is 11.3 Å². The minimum atomic E-state index is -0.313. The zero-order valence-corrected chi connectivity index (χ0v) is 14.2. The standard InChI is InChI=1S/C17H26BN2O3/c1-5-17(3,4)16(21)20-12-6-11-19-13(2)14-7-9-15(10-8-14)23-18-22/h7-10,19,22H,2,5-6,11-12H2,1,3-4H3,(H,20,21). The summed E-state index contributed by atoms with van der Waals surface area (Å²) in [5, 5.41) is 14.8. The first-order valence-corrected chi connectivity index (χ1v) is 7.84. The number of amides is 1. The third kappa shape index (κ3) is 6.36. The monoisotopic (exact) mass is 317 g/mol. The molecule has 1 amide bonds. The molecule has 125 valence electrons. The van der Waals surface area contributed by atoms with Crippen LogP contribution in [0.15, 0.2) is 30.8 Å². The van der Waals surface area contributed by atoms with Crippen molar-refractivity contribution in [1.82, 2.24) is 10.6 Å². The first-order valence-electron chi connectivity index (χ1n) is 7.84. The fourth-order valence-electron chi connectivity index (χ4n) is 1.83. The van der Waals surface area contributed by atoms with Crippen LogP contribution in [0.3, 0.4) is 0 Å². The van der Waals surface area contributed by atoms with Gasteiger partial charge >= 0.3 is 7.69 Å². The van der Waals surface area contributed by atoms with Crippen molar-refractivity contribution in [2.75, 3.05) is 13.1 Å². The van der Waals surface area contributed by atoms with E-state index in [1.54, 1.807) is 12.1 Å². The molecule has 0 spiro atoms. The second kappa shape index (κ2) is 9.25. The first-order chi connectivity index (χ1) is 10.9. The molecule has 3 N–H and O–H groups in total. The molecule has 0 fully saturated rings. The van der Waals surface area contributed by atoms with Crippen LogP contribution < -0.4 is 15.3 Å². The molecule has 1 radical (unpaired) electrons. The van der Waals surface area contributed by atoms with E-state index in [1.165, 1.54) is 0 Å². The van der Waals surface area contributed by atoms with Crippen LogP contribution in [0.1, 0.15) is 39.2 Å². The van der Waals surface area contributed by atoms with Gasteiger partial charge in [-0.2, -0.15) is 0 Å². The lowest BCUT2D eigenvalue weighted by atomic mass is 9.89. The summed E-state index contributed by atoms with van der Waals surface area (Å²) in [6, 6.07) is 7.23. The van der Waals surface area contributed by atoms with E-state index < -0.39 is 0 Å². The summed E-state index contributed by atoms with van der Waals surface area (Å²) in [6.07, 6.45) is 1.65. The van der Waals surface area contributed by atoms with Crippen molar-refractivity contribution in [1.29, 1.82) is 0 Å². The average Bonchev–Trinajstić information content (AvgIpc) is 2.55. The van der Waals surface area contributed by atoms with Crippen LogP contribution in [0.2, 0.25) is 0 Å². The van der Waals surface area contributed by atoms with Crippen molar-refractivity contribution in [3.05, 3.63) is 36.4 Å². The highest BCUT2D eigenvalue weighted by atomic mass is 16.5. The van der Waals surface area contributed by atoms with E-state index >= 15 is 0 Å². The van der Waals surface area contributed by atoms with Crippen LogP contribution in [0, 0.1) is 5.41 Å². The number of carbonyl (C=O) groups excluding carboxylic acids is 1. The maximum Gasteiger partial charge on any atom is 0.569 e. The Morgan fingerprint density at radius 3 is 2.43 bits per heavy atom. The van der Waals surface area contributed by atoms with Crippen molar-refractivity contribution in [2.24, 2.45) is 5.41 Å².